The van der Waals surface area contributed by atoms with E-state index in [0.29, 0.717) is 5.88 Å². The molecule has 1 N–H and O–H groups in total. The second-order valence-corrected chi connectivity index (χ2v) is 4.27. The van der Waals surface area contributed by atoms with Crippen LogP contribution in [-0.2, 0) is 11.2 Å². The van der Waals surface area contributed by atoms with Crippen LogP contribution < -0.4 is 10.1 Å². The van der Waals surface area contributed by atoms with Gasteiger partial charge >= 0.3 is 0 Å². The molecular formula is C13H23N3O2. The zero-order valence-electron chi connectivity index (χ0n) is 11.7. The van der Waals surface area contributed by atoms with E-state index in [4.69, 9.17) is 9.47 Å². The number of rotatable bonds is 8. The predicted octanol–water partition coefficient (Wildman–Crippen LogP) is 2.27. The van der Waals surface area contributed by atoms with Gasteiger partial charge in [-0.25, -0.2) is 4.98 Å². The van der Waals surface area contributed by atoms with Crippen LogP contribution in [0.3, 0.4) is 0 Å². The molecule has 0 aliphatic heterocycles. The first-order valence-corrected chi connectivity index (χ1v) is 6.43. The van der Waals surface area contributed by atoms with Crippen LogP contribution >= 0.6 is 0 Å². The van der Waals surface area contributed by atoms with Crippen LogP contribution in [0.4, 0.5) is 5.82 Å². The quantitative estimate of drug-likeness (QED) is 0.720. The zero-order valence-corrected chi connectivity index (χ0v) is 11.7. The highest BCUT2D eigenvalue weighted by Crippen LogP contribution is 2.13. The van der Waals surface area contributed by atoms with Gasteiger partial charge in [-0.05, 0) is 20.3 Å². The Morgan fingerprint density at radius 3 is 2.72 bits per heavy atom. The summed E-state index contributed by atoms with van der Waals surface area (Å²) in [5.41, 5.74) is 0. The Bertz CT molecular complexity index is 334. The van der Waals surface area contributed by atoms with Crippen molar-refractivity contribution >= 4 is 5.82 Å². The summed E-state index contributed by atoms with van der Waals surface area (Å²) >= 11 is 0. The average molecular weight is 253 g/mol. The molecule has 0 unspecified atom stereocenters. The van der Waals surface area contributed by atoms with Gasteiger partial charge in [0.05, 0.1) is 13.2 Å². The third kappa shape index (κ3) is 5.31. The Kier molecular flexibility index (Phi) is 6.43. The first-order chi connectivity index (χ1) is 8.65. The van der Waals surface area contributed by atoms with Gasteiger partial charge in [0.2, 0.25) is 5.88 Å². The van der Waals surface area contributed by atoms with Crippen molar-refractivity contribution in [2.24, 2.45) is 0 Å². The normalized spacial score (nSPS) is 10.7. The van der Waals surface area contributed by atoms with Gasteiger partial charge in [-0.1, -0.05) is 6.92 Å². The summed E-state index contributed by atoms with van der Waals surface area (Å²) in [6.45, 7) is 7.69. The van der Waals surface area contributed by atoms with E-state index in [1.165, 1.54) is 0 Å². The van der Waals surface area contributed by atoms with E-state index in [2.05, 4.69) is 15.3 Å². The fourth-order valence-electron chi connectivity index (χ4n) is 1.43. The van der Waals surface area contributed by atoms with Gasteiger partial charge in [-0.15, -0.1) is 0 Å². The third-order valence-corrected chi connectivity index (χ3v) is 2.35. The highest BCUT2D eigenvalue weighted by atomic mass is 16.5. The van der Waals surface area contributed by atoms with Crippen LogP contribution in [0, 0.1) is 0 Å². The summed E-state index contributed by atoms with van der Waals surface area (Å²) < 4.78 is 10.6. The number of hydrogen-bond donors (Lipinski definition) is 1. The van der Waals surface area contributed by atoms with Gasteiger partial charge in [0.1, 0.15) is 11.6 Å². The van der Waals surface area contributed by atoms with Gasteiger partial charge < -0.3 is 14.8 Å². The van der Waals surface area contributed by atoms with Crippen molar-refractivity contribution in [2.75, 3.05) is 25.6 Å². The summed E-state index contributed by atoms with van der Waals surface area (Å²) in [6, 6.07) is 1.81. The molecule has 102 valence electrons. The van der Waals surface area contributed by atoms with Crippen molar-refractivity contribution in [3.63, 3.8) is 0 Å². The van der Waals surface area contributed by atoms with Gasteiger partial charge in [-0.2, -0.15) is 4.98 Å². The first kappa shape index (κ1) is 14.7. The van der Waals surface area contributed by atoms with Crippen molar-refractivity contribution in [3.8, 4) is 5.88 Å². The summed E-state index contributed by atoms with van der Waals surface area (Å²) in [5, 5.41) is 3.26. The van der Waals surface area contributed by atoms with Crippen molar-refractivity contribution in [1.82, 2.24) is 9.97 Å². The second-order valence-electron chi connectivity index (χ2n) is 4.27. The minimum Gasteiger partial charge on any atom is -0.481 e. The number of methoxy groups -OCH3 is 1. The van der Waals surface area contributed by atoms with Crippen LogP contribution in [0.15, 0.2) is 6.07 Å². The maximum absolute atomic E-state index is 5.47. The lowest BCUT2D eigenvalue weighted by molar-refractivity contribution is 0.0787. The van der Waals surface area contributed by atoms with E-state index < -0.39 is 0 Å². The number of aryl methyl sites for hydroxylation is 1. The van der Waals surface area contributed by atoms with Crippen LogP contribution in [0.1, 0.15) is 33.0 Å². The van der Waals surface area contributed by atoms with E-state index in [1.54, 1.807) is 7.11 Å². The van der Waals surface area contributed by atoms with Crippen molar-refractivity contribution in [2.45, 2.75) is 39.7 Å². The smallest absolute Gasteiger partial charge is 0.218 e. The van der Waals surface area contributed by atoms with Gasteiger partial charge in [0, 0.05) is 25.6 Å². The molecule has 0 saturated carbocycles. The summed E-state index contributed by atoms with van der Waals surface area (Å²) in [6.07, 6.45) is 2.03. The van der Waals surface area contributed by atoms with E-state index in [-0.39, 0.29) is 6.10 Å². The molecular weight excluding hydrogens is 230 g/mol. The van der Waals surface area contributed by atoms with E-state index in [1.807, 2.05) is 26.8 Å². The fourth-order valence-corrected chi connectivity index (χ4v) is 1.43. The molecule has 0 spiro atoms. The molecule has 0 atom stereocenters. The number of ether oxygens (including phenoxy) is 2. The molecule has 0 aromatic carbocycles. The summed E-state index contributed by atoms with van der Waals surface area (Å²) in [7, 11) is 1.61. The second kappa shape index (κ2) is 7.87. The molecule has 0 bridgehead atoms. The maximum Gasteiger partial charge on any atom is 0.218 e. The Morgan fingerprint density at radius 2 is 2.11 bits per heavy atom. The number of anilines is 1. The number of nitrogens with one attached hydrogen (secondary N) is 1. The van der Waals surface area contributed by atoms with E-state index in [0.717, 1.165) is 37.6 Å². The highest BCUT2D eigenvalue weighted by Gasteiger charge is 2.03. The van der Waals surface area contributed by atoms with Crippen LogP contribution in [0.25, 0.3) is 0 Å². The molecule has 0 aliphatic rings. The average Bonchev–Trinajstić information content (AvgIpc) is 2.37. The van der Waals surface area contributed by atoms with Crippen LogP contribution in [-0.4, -0.2) is 36.3 Å². The van der Waals surface area contributed by atoms with Crippen LogP contribution in [0.2, 0.25) is 0 Å². The van der Waals surface area contributed by atoms with Gasteiger partial charge in [-0.3, -0.25) is 0 Å². The van der Waals surface area contributed by atoms with Gasteiger partial charge in [0.25, 0.3) is 0 Å². The molecule has 0 aliphatic carbocycles. The van der Waals surface area contributed by atoms with Gasteiger partial charge in [0.15, 0.2) is 0 Å². The summed E-state index contributed by atoms with van der Waals surface area (Å²) in [4.78, 5) is 8.63. The fraction of sp³-hybridized carbons (Fsp3) is 0.692. The predicted molar refractivity (Wildman–Crippen MR) is 72.2 cm³/mol. The molecule has 1 aromatic rings. The molecule has 5 heteroatoms. The monoisotopic (exact) mass is 253 g/mol. The molecule has 0 amide bonds. The Hall–Kier alpha value is -1.36. The maximum atomic E-state index is 5.47. The largest absolute Gasteiger partial charge is 0.481 e. The molecule has 1 aromatic heterocycles. The van der Waals surface area contributed by atoms with E-state index in [9.17, 15) is 0 Å². The zero-order chi connectivity index (χ0) is 13.4. The molecule has 1 rings (SSSR count). The Morgan fingerprint density at radius 1 is 1.33 bits per heavy atom. The van der Waals surface area contributed by atoms with Crippen LogP contribution in [0.5, 0.6) is 5.88 Å². The minimum atomic E-state index is 0.288. The number of aromatic nitrogens is 2. The van der Waals surface area contributed by atoms with Crippen molar-refractivity contribution in [3.05, 3.63) is 11.9 Å². The van der Waals surface area contributed by atoms with Crippen molar-refractivity contribution in [1.29, 1.82) is 0 Å². The standard InChI is InChI=1S/C13H23N3O2/c1-5-11-15-12(9-13(16-11)17-4)14-7-6-8-18-10(2)3/h9-10H,5-8H2,1-4H3,(H,14,15,16). The molecule has 5 nitrogen and oxygen atoms in total. The lowest BCUT2D eigenvalue weighted by Crippen LogP contribution is -2.11. The first-order valence-electron chi connectivity index (χ1n) is 6.43. The molecule has 0 saturated heterocycles. The molecule has 18 heavy (non-hydrogen) atoms. The SMILES string of the molecule is CCc1nc(NCCCOC(C)C)cc(OC)n1. The highest BCUT2D eigenvalue weighted by molar-refractivity contribution is 5.38. The van der Waals surface area contributed by atoms with E-state index >= 15 is 0 Å². The number of hydrogen-bond acceptors (Lipinski definition) is 5. The lowest BCUT2D eigenvalue weighted by atomic mass is 10.4. The number of nitrogens with zero attached hydrogens (tertiary/aromatic N) is 2. The summed E-state index contributed by atoms with van der Waals surface area (Å²) in [5.74, 6) is 2.20. The third-order valence-electron chi connectivity index (χ3n) is 2.35. The molecule has 0 fully saturated rings. The molecule has 1 heterocycles. The minimum absolute atomic E-state index is 0.288. The lowest BCUT2D eigenvalue weighted by Gasteiger charge is -2.10. The molecule has 0 radical (unpaired) electrons. The Labute approximate surface area is 109 Å². The Balaban J connectivity index is 2.41. The topological polar surface area (TPSA) is 56.3 Å². The van der Waals surface area contributed by atoms with Crippen molar-refractivity contribution < 1.29 is 9.47 Å².